The van der Waals surface area contributed by atoms with E-state index >= 15 is 0 Å². The molecule has 1 aromatic rings. The Bertz CT molecular complexity index is 393. The van der Waals surface area contributed by atoms with Crippen LogP contribution >= 0.6 is 0 Å². The Morgan fingerprint density at radius 1 is 1.53 bits per heavy atom. The van der Waals surface area contributed by atoms with Crippen molar-refractivity contribution < 1.29 is 13.9 Å². The van der Waals surface area contributed by atoms with Crippen LogP contribution in [0.1, 0.15) is 25.0 Å². The molecular weight excluding hydrogens is 221 g/mol. The average Bonchev–Trinajstić information content (AvgIpc) is 2.30. The van der Waals surface area contributed by atoms with E-state index in [0.717, 1.165) is 5.56 Å². The molecule has 0 radical (unpaired) electrons. The monoisotopic (exact) mass is 239 g/mol. The van der Waals surface area contributed by atoms with Crippen molar-refractivity contribution in [3.63, 3.8) is 0 Å². The molecule has 0 saturated carbocycles. The van der Waals surface area contributed by atoms with Gasteiger partial charge in [0.15, 0.2) is 0 Å². The molecule has 0 fully saturated rings. The number of nitrogens with one attached hydrogen (secondary N) is 1. The molecule has 0 saturated heterocycles. The van der Waals surface area contributed by atoms with Crippen LogP contribution in [0.15, 0.2) is 18.2 Å². The van der Waals surface area contributed by atoms with Gasteiger partial charge in [0, 0.05) is 6.54 Å². The second-order valence-corrected chi connectivity index (χ2v) is 3.94. The first kappa shape index (κ1) is 13.6. The standard InChI is InChI=1S/C13H18FNO2/c1-4-17-13(16)10(3)15-8-11-5-6-12(14)9(2)7-11/h5-7,10,15H,4,8H2,1-3H3. The summed E-state index contributed by atoms with van der Waals surface area (Å²) in [5.74, 6) is -0.487. The minimum Gasteiger partial charge on any atom is -0.465 e. The van der Waals surface area contributed by atoms with Crippen LogP contribution in [0.25, 0.3) is 0 Å². The van der Waals surface area contributed by atoms with E-state index in [2.05, 4.69) is 5.32 Å². The summed E-state index contributed by atoms with van der Waals surface area (Å²) in [5, 5.41) is 3.03. The Balaban J connectivity index is 2.50. The van der Waals surface area contributed by atoms with Gasteiger partial charge in [-0.3, -0.25) is 4.79 Å². The Kier molecular flexibility index (Phi) is 5.10. The maximum atomic E-state index is 13.0. The molecule has 0 aromatic heterocycles. The molecule has 17 heavy (non-hydrogen) atoms. The predicted molar refractivity (Wildman–Crippen MR) is 64.1 cm³/mol. The summed E-state index contributed by atoms with van der Waals surface area (Å²) in [4.78, 5) is 11.3. The van der Waals surface area contributed by atoms with Crippen LogP contribution in [-0.4, -0.2) is 18.6 Å². The number of hydrogen-bond acceptors (Lipinski definition) is 3. The fraction of sp³-hybridized carbons (Fsp3) is 0.462. The van der Waals surface area contributed by atoms with Gasteiger partial charge in [-0.25, -0.2) is 4.39 Å². The van der Waals surface area contributed by atoms with Crippen molar-refractivity contribution in [3.05, 3.63) is 35.1 Å². The van der Waals surface area contributed by atoms with Gasteiger partial charge in [0.05, 0.1) is 6.61 Å². The van der Waals surface area contributed by atoms with Crippen molar-refractivity contribution in [2.24, 2.45) is 0 Å². The van der Waals surface area contributed by atoms with Crippen LogP contribution in [0.5, 0.6) is 0 Å². The Morgan fingerprint density at radius 2 is 2.24 bits per heavy atom. The number of carbonyl (C=O) groups is 1. The molecule has 0 amide bonds. The lowest BCUT2D eigenvalue weighted by Gasteiger charge is -2.12. The lowest BCUT2D eigenvalue weighted by atomic mass is 10.1. The fourth-order valence-electron chi connectivity index (χ4n) is 1.44. The largest absolute Gasteiger partial charge is 0.465 e. The highest BCUT2D eigenvalue weighted by atomic mass is 19.1. The van der Waals surface area contributed by atoms with E-state index in [9.17, 15) is 9.18 Å². The number of ether oxygens (including phenoxy) is 1. The van der Waals surface area contributed by atoms with Gasteiger partial charge < -0.3 is 10.1 Å². The Labute approximate surface area is 101 Å². The summed E-state index contributed by atoms with van der Waals surface area (Å²) in [6, 6.07) is 4.54. The molecule has 1 unspecified atom stereocenters. The van der Waals surface area contributed by atoms with Gasteiger partial charge in [-0.1, -0.05) is 12.1 Å². The zero-order chi connectivity index (χ0) is 12.8. The molecule has 0 aliphatic carbocycles. The van der Waals surface area contributed by atoms with E-state index in [0.29, 0.717) is 18.7 Å². The van der Waals surface area contributed by atoms with Gasteiger partial charge in [-0.05, 0) is 38.0 Å². The number of rotatable bonds is 5. The summed E-state index contributed by atoms with van der Waals surface area (Å²) in [7, 11) is 0. The third kappa shape index (κ3) is 4.15. The third-order valence-corrected chi connectivity index (χ3v) is 2.47. The fourth-order valence-corrected chi connectivity index (χ4v) is 1.44. The van der Waals surface area contributed by atoms with Crippen LogP contribution in [-0.2, 0) is 16.1 Å². The van der Waals surface area contributed by atoms with Gasteiger partial charge in [0.25, 0.3) is 0 Å². The van der Waals surface area contributed by atoms with Gasteiger partial charge >= 0.3 is 5.97 Å². The molecule has 4 heteroatoms. The summed E-state index contributed by atoms with van der Waals surface area (Å²) in [5.41, 5.74) is 1.55. The molecular formula is C13H18FNO2. The van der Waals surface area contributed by atoms with Crippen molar-refractivity contribution in [1.82, 2.24) is 5.32 Å². The van der Waals surface area contributed by atoms with E-state index in [1.165, 1.54) is 6.07 Å². The minimum absolute atomic E-state index is 0.216. The first-order valence-corrected chi connectivity index (χ1v) is 5.69. The quantitative estimate of drug-likeness (QED) is 0.800. The number of hydrogen-bond donors (Lipinski definition) is 1. The second kappa shape index (κ2) is 6.35. The molecule has 1 N–H and O–H groups in total. The Morgan fingerprint density at radius 3 is 2.82 bits per heavy atom. The normalized spacial score (nSPS) is 12.2. The molecule has 0 bridgehead atoms. The minimum atomic E-state index is -0.361. The Hall–Kier alpha value is -1.42. The first-order chi connectivity index (χ1) is 8.04. The van der Waals surface area contributed by atoms with Crippen molar-refractivity contribution in [1.29, 1.82) is 0 Å². The maximum absolute atomic E-state index is 13.0. The van der Waals surface area contributed by atoms with Crippen LogP contribution in [0.3, 0.4) is 0 Å². The molecule has 1 atom stereocenters. The number of benzene rings is 1. The maximum Gasteiger partial charge on any atom is 0.322 e. The molecule has 1 aromatic carbocycles. The van der Waals surface area contributed by atoms with Crippen LogP contribution < -0.4 is 5.32 Å². The first-order valence-electron chi connectivity index (χ1n) is 5.69. The van der Waals surface area contributed by atoms with E-state index in [4.69, 9.17) is 4.74 Å². The highest BCUT2D eigenvalue weighted by molar-refractivity contribution is 5.75. The lowest BCUT2D eigenvalue weighted by molar-refractivity contribution is -0.145. The van der Waals surface area contributed by atoms with E-state index in [-0.39, 0.29) is 17.8 Å². The summed E-state index contributed by atoms with van der Waals surface area (Å²) in [6.45, 7) is 6.12. The molecule has 3 nitrogen and oxygen atoms in total. The van der Waals surface area contributed by atoms with Crippen LogP contribution in [0.2, 0.25) is 0 Å². The van der Waals surface area contributed by atoms with Gasteiger partial charge in [0.2, 0.25) is 0 Å². The SMILES string of the molecule is CCOC(=O)C(C)NCc1ccc(F)c(C)c1. The lowest BCUT2D eigenvalue weighted by Crippen LogP contribution is -2.34. The molecule has 1 rings (SSSR count). The summed E-state index contributed by atoms with van der Waals surface area (Å²) in [6.07, 6.45) is 0. The van der Waals surface area contributed by atoms with E-state index < -0.39 is 0 Å². The van der Waals surface area contributed by atoms with Gasteiger partial charge in [-0.2, -0.15) is 0 Å². The third-order valence-electron chi connectivity index (χ3n) is 2.47. The molecule has 0 spiro atoms. The van der Waals surface area contributed by atoms with E-state index in [1.807, 2.05) is 0 Å². The van der Waals surface area contributed by atoms with Crippen molar-refractivity contribution in [3.8, 4) is 0 Å². The summed E-state index contributed by atoms with van der Waals surface area (Å²) < 4.78 is 17.9. The van der Waals surface area contributed by atoms with Crippen molar-refractivity contribution in [2.45, 2.75) is 33.4 Å². The van der Waals surface area contributed by atoms with Crippen LogP contribution in [0, 0.1) is 12.7 Å². The molecule has 0 aliphatic rings. The second-order valence-electron chi connectivity index (χ2n) is 3.94. The number of carbonyl (C=O) groups excluding carboxylic acids is 1. The topological polar surface area (TPSA) is 38.3 Å². The molecule has 94 valence electrons. The van der Waals surface area contributed by atoms with Crippen LogP contribution in [0.4, 0.5) is 4.39 Å². The highest BCUT2D eigenvalue weighted by Gasteiger charge is 2.12. The predicted octanol–water partition coefficient (Wildman–Crippen LogP) is 2.18. The zero-order valence-electron chi connectivity index (χ0n) is 10.4. The van der Waals surface area contributed by atoms with Crippen molar-refractivity contribution in [2.75, 3.05) is 6.61 Å². The van der Waals surface area contributed by atoms with Gasteiger partial charge in [-0.15, -0.1) is 0 Å². The molecule has 0 aliphatic heterocycles. The van der Waals surface area contributed by atoms with E-state index in [1.54, 1.807) is 32.9 Å². The number of esters is 1. The number of aryl methyl sites for hydroxylation is 1. The zero-order valence-corrected chi connectivity index (χ0v) is 10.4. The summed E-state index contributed by atoms with van der Waals surface area (Å²) >= 11 is 0. The van der Waals surface area contributed by atoms with Gasteiger partial charge in [0.1, 0.15) is 11.9 Å². The highest BCUT2D eigenvalue weighted by Crippen LogP contribution is 2.09. The smallest absolute Gasteiger partial charge is 0.322 e. The molecule has 0 heterocycles. The average molecular weight is 239 g/mol. The van der Waals surface area contributed by atoms with Crippen molar-refractivity contribution >= 4 is 5.97 Å². The number of halogens is 1.